The molecule has 4 aromatic rings. The highest BCUT2D eigenvalue weighted by Crippen LogP contribution is 2.25. The van der Waals surface area contributed by atoms with E-state index in [4.69, 9.17) is 5.73 Å². The number of piperazine rings is 1. The number of nitrogens with two attached hydrogens (primary N) is 1. The van der Waals surface area contributed by atoms with Gasteiger partial charge in [0.05, 0.1) is 16.7 Å². The van der Waals surface area contributed by atoms with Gasteiger partial charge in [-0.25, -0.2) is 18.2 Å². The summed E-state index contributed by atoms with van der Waals surface area (Å²) < 4.78 is 42.3. The summed E-state index contributed by atoms with van der Waals surface area (Å²) in [5, 5.41) is 4.77. The van der Waals surface area contributed by atoms with E-state index in [9.17, 15) is 18.0 Å². The minimum atomic E-state index is -0.637. The molecule has 2 aromatic heterocycles. The fraction of sp³-hybridized carbons (Fsp3) is 0.190. The molecule has 158 valence electrons. The Bertz CT molecular complexity index is 1330. The average Bonchev–Trinajstić information content (AvgIpc) is 3.21. The smallest absolute Gasteiger partial charge is 0.274 e. The predicted molar refractivity (Wildman–Crippen MR) is 109 cm³/mol. The van der Waals surface area contributed by atoms with E-state index in [1.54, 1.807) is 15.9 Å². The van der Waals surface area contributed by atoms with Crippen LogP contribution in [-0.2, 0) is 0 Å². The summed E-state index contributed by atoms with van der Waals surface area (Å²) in [6, 6.07) is 9.13. The summed E-state index contributed by atoms with van der Waals surface area (Å²) in [6.07, 6.45) is 0. The standard InChI is InChI=1S/C21H17F3N6O/c22-12-1-3-16-14(9-12)19-11-17(27-30(19)21(25)26-16)20(31)29-7-5-28(6-8-29)18-4-2-13(23)10-15(18)24/h1-4,9-11H,5-8H2,(H2,25,26). The Morgan fingerprint density at radius 3 is 2.39 bits per heavy atom. The highest BCUT2D eigenvalue weighted by atomic mass is 19.1. The number of anilines is 2. The van der Waals surface area contributed by atoms with Crippen molar-refractivity contribution in [2.75, 3.05) is 36.8 Å². The van der Waals surface area contributed by atoms with E-state index in [0.29, 0.717) is 48.3 Å². The monoisotopic (exact) mass is 426 g/mol. The molecule has 0 atom stereocenters. The largest absolute Gasteiger partial charge is 0.368 e. The lowest BCUT2D eigenvalue weighted by Crippen LogP contribution is -2.49. The van der Waals surface area contributed by atoms with Gasteiger partial charge in [-0.05, 0) is 36.4 Å². The molecule has 2 aromatic carbocycles. The second-order valence-corrected chi connectivity index (χ2v) is 7.33. The number of rotatable bonds is 2. The van der Waals surface area contributed by atoms with Crippen molar-refractivity contribution in [3.63, 3.8) is 0 Å². The van der Waals surface area contributed by atoms with Crippen molar-refractivity contribution in [2.24, 2.45) is 0 Å². The Kier molecular flexibility index (Phi) is 4.42. The number of amides is 1. The van der Waals surface area contributed by atoms with Gasteiger partial charge in [-0.15, -0.1) is 0 Å². The third kappa shape index (κ3) is 3.29. The summed E-state index contributed by atoms with van der Waals surface area (Å²) in [5.74, 6) is -1.93. The molecule has 1 aliphatic rings. The molecule has 0 saturated carbocycles. The van der Waals surface area contributed by atoms with Crippen LogP contribution in [-0.4, -0.2) is 51.6 Å². The number of halogens is 3. The summed E-state index contributed by atoms with van der Waals surface area (Å²) in [5.41, 5.74) is 7.40. The first-order valence-corrected chi connectivity index (χ1v) is 9.64. The zero-order chi connectivity index (χ0) is 21.7. The average molecular weight is 426 g/mol. The Hall–Kier alpha value is -3.82. The van der Waals surface area contributed by atoms with Gasteiger partial charge in [0, 0.05) is 37.6 Å². The highest BCUT2D eigenvalue weighted by Gasteiger charge is 2.26. The predicted octanol–water partition coefficient (Wildman–Crippen LogP) is 2.84. The Morgan fingerprint density at radius 2 is 1.65 bits per heavy atom. The van der Waals surface area contributed by atoms with Crippen LogP contribution < -0.4 is 10.6 Å². The van der Waals surface area contributed by atoms with Gasteiger partial charge >= 0.3 is 0 Å². The second kappa shape index (κ2) is 7.15. The Balaban J connectivity index is 1.40. The molecule has 1 saturated heterocycles. The number of hydrogen-bond donors (Lipinski definition) is 1. The van der Waals surface area contributed by atoms with E-state index in [-0.39, 0.29) is 17.5 Å². The maximum atomic E-state index is 14.0. The van der Waals surface area contributed by atoms with Gasteiger partial charge in [-0.1, -0.05) is 0 Å². The zero-order valence-electron chi connectivity index (χ0n) is 16.2. The number of aromatic nitrogens is 3. The van der Waals surface area contributed by atoms with Crippen LogP contribution in [0.3, 0.4) is 0 Å². The summed E-state index contributed by atoms with van der Waals surface area (Å²) in [4.78, 5) is 20.6. The van der Waals surface area contributed by atoms with Crippen LogP contribution in [0.5, 0.6) is 0 Å². The number of hydrogen-bond acceptors (Lipinski definition) is 5. The quantitative estimate of drug-likeness (QED) is 0.533. The number of nitrogens with zero attached hydrogens (tertiary/aromatic N) is 5. The van der Waals surface area contributed by atoms with Crippen LogP contribution in [0.2, 0.25) is 0 Å². The van der Waals surface area contributed by atoms with E-state index in [2.05, 4.69) is 10.1 Å². The molecule has 1 aliphatic heterocycles. The molecule has 0 unspecified atom stereocenters. The Morgan fingerprint density at radius 1 is 0.935 bits per heavy atom. The summed E-state index contributed by atoms with van der Waals surface area (Å²) in [6.45, 7) is 1.46. The molecule has 1 amide bonds. The van der Waals surface area contributed by atoms with Gasteiger partial charge in [-0.3, -0.25) is 4.79 Å². The summed E-state index contributed by atoms with van der Waals surface area (Å²) >= 11 is 0. The fourth-order valence-corrected chi connectivity index (χ4v) is 3.88. The van der Waals surface area contributed by atoms with Crippen LogP contribution in [0, 0.1) is 17.5 Å². The lowest BCUT2D eigenvalue weighted by Gasteiger charge is -2.35. The normalized spacial score (nSPS) is 14.5. The van der Waals surface area contributed by atoms with Gasteiger partial charge in [0.15, 0.2) is 5.69 Å². The molecule has 0 radical (unpaired) electrons. The van der Waals surface area contributed by atoms with E-state index < -0.39 is 17.5 Å². The minimum absolute atomic E-state index is 0.0877. The van der Waals surface area contributed by atoms with Gasteiger partial charge in [0.1, 0.15) is 17.5 Å². The van der Waals surface area contributed by atoms with Crippen LogP contribution in [0.25, 0.3) is 16.4 Å². The van der Waals surface area contributed by atoms with Crippen molar-refractivity contribution in [1.82, 2.24) is 19.5 Å². The van der Waals surface area contributed by atoms with Crippen LogP contribution in [0.15, 0.2) is 42.5 Å². The maximum Gasteiger partial charge on any atom is 0.274 e. The number of carbonyl (C=O) groups is 1. The molecule has 1 fully saturated rings. The highest BCUT2D eigenvalue weighted by molar-refractivity contribution is 5.99. The number of benzene rings is 2. The van der Waals surface area contributed by atoms with Crippen LogP contribution >= 0.6 is 0 Å². The van der Waals surface area contributed by atoms with Gasteiger partial charge in [-0.2, -0.15) is 9.61 Å². The molecule has 31 heavy (non-hydrogen) atoms. The molecule has 3 heterocycles. The number of carbonyl (C=O) groups excluding carboxylic acids is 1. The second-order valence-electron chi connectivity index (χ2n) is 7.33. The van der Waals surface area contributed by atoms with Gasteiger partial charge in [0.25, 0.3) is 5.91 Å². The van der Waals surface area contributed by atoms with Crippen molar-refractivity contribution >= 4 is 34.0 Å². The van der Waals surface area contributed by atoms with Gasteiger partial charge < -0.3 is 15.5 Å². The lowest BCUT2D eigenvalue weighted by atomic mass is 10.2. The molecule has 2 N–H and O–H groups in total. The van der Waals surface area contributed by atoms with Crippen molar-refractivity contribution in [3.8, 4) is 0 Å². The van der Waals surface area contributed by atoms with Crippen molar-refractivity contribution in [1.29, 1.82) is 0 Å². The Labute approximate surface area is 174 Å². The third-order valence-electron chi connectivity index (χ3n) is 5.43. The maximum absolute atomic E-state index is 14.0. The van der Waals surface area contributed by atoms with E-state index in [0.717, 1.165) is 6.07 Å². The van der Waals surface area contributed by atoms with Crippen LogP contribution in [0.4, 0.5) is 24.8 Å². The molecule has 0 aliphatic carbocycles. The SMILES string of the molecule is Nc1nc2ccc(F)cc2c2cc(C(=O)N3CCN(c4ccc(F)cc4F)CC3)nn12. The first-order valence-electron chi connectivity index (χ1n) is 9.64. The van der Waals surface area contributed by atoms with Crippen molar-refractivity contribution in [2.45, 2.75) is 0 Å². The first-order chi connectivity index (χ1) is 14.9. The minimum Gasteiger partial charge on any atom is -0.368 e. The molecule has 7 nitrogen and oxygen atoms in total. The van der Waals surface area contributed by atoms with E-state index in [1.807, 2.05) is 0 Å². The zero-order valence-corrected chi connectivity index (χ0v) is 16.2. The molecular weight excluding hydrogens is 409 g/mol. The fourth-order valence-electron chi connectivity index (χ4n) is 3.88. The molecule has 0 spiro atoms. The van der Waals surface area contributed by atoms with Gasteiger partial charge in [0.2, 0.25) is 5.95 Å². The molecule has 5 rings (SSSR count). The molecule has 0 bridgehead atoms. The molecular formula is C21H17F3N6O. The topological polar surface area (TPSA) is 79.8 Å². The van der Waals surface area contributed by atoms with E-state index in [1.165, 1.54) is 34.8 Å². The summed E-state index contributed by atoms with van der Waals surface area (Å²) in [7, 11) is 0. The van der Waals surface area contributed by atoms with Crippen molar-refractivity contribution < 1.29 is 18.0 Å². The first kappa shape index (κ1) is 19.2. The van der Waals surface area contributed by atoms with Crippen molar-refractivity contribution in [3.05, 3.63) is 65.6 Å². The molecule has 10 heteroatoms. The number of fused-ring (bicyclic) bond motifs is 3. The van der Waals surface area contributed by atoms with Crippen LogP contribution in [0.1, 0.15) is 10.5 Å². The lowest BCUT2D eigenvalue weighted by molar-refractivity contribution is 0.0740. The third-order valence-corrected chi connectivity index (χ3v) is 5.43. The number of nitrogen functional groups attached to an aromatic ring is 1. The van der Waals surface area contributed by atoms with E-state index >= 15 is 0 Å².